The Hall–Kier alpha value is -1.00. The summed E-state index contributed by atoms with van der Waals surface area (Å²) in [5.74, 6) is -0.0300. The third-order valence-electron chi connectivity index (χ3n) is 2.67. The fourth-order valence-electron chi connectivity index (χ4n) is 1.74. The molecular weight excluding hydrogens is 427 g/mol. The van der Waals surface area contributed by atoms with Crippen LogP contribution in [0.25, 0.3) is 0 Å². The summed E-state index contributed by atoms with van der Waals surface area (Å²) in [5, 5.41) is 4.31. The maximum absolute atomic E-state index is 12.4. The number of nitrogens with two attached hydrogens (primary N) is 1. The molecule has 9 heteroatoms. The van der Waals surface area contributed by atoms with Crippen molar-refractivity contribution in [2.24, 2.45) is 0 Å². The number of nitrogen functional groups attached to an aromatic ring is 1. The van der Waals surface area contributed by atoms with Gasteiger partial charge in [-0.15, -0.1) is 0 Å². The van der Waals surface area contributed by atoms with Crippen molar-refractivity contribution in [3.63, 3.8) is 0 Å². The number of sulfonamides is 1. The summed E-state index contributed by atoms with van der Waals surface area (Å²) in [6.45, 7) is 2.57. The Morgan fingerprint density at radius 2 is 2.19 bits per heavy atom. The molecular formula is C12H14ClIN4O2S. The lowest BCUT2D eigenvalue weighted by atomic mass is 10.3. The molecule has 114 valence electrons. The molecule has 0 saturated carbocycles. The number of anilines is 2. The predicted molar refractivity (Wildman–Crippen MR) is 91.9 cm³/mol. The van der Waals surface area contributed by atoms with Crippen LogP contribution in [-0.2, 0) is 16.6 Å². The molecule has 1 aromatic heterocycles. The lowest BCUT2D eigenvalue weighted by Gasteiger charge is -2.08. The summed E-state index contributed by atoms with van der Waals surface area (Å²) in [6.07, 6.45) is 2.25. The Labute approximate surface area is 141 Å². The van der Waals surface area contributed by atoms with E-state index in [1.807, 2.05) is 6.92 Å². The Morgan fingerprint density at radius 3 is 2.81 bits per heavy atom. The van der Waals surface area contributed by atoms with Crippen LogP contribution in [0.1, 0.15) is 13.3 Å². The first-order chi connectivity index (χ1) is 9.83. The van der Waals surface area contributed by atoms with Crippen LogP contribution >= 0.6 is 34.2 Å². The molecule has 0 aliphatic carbocycles. The summed E-state index contributed by atoms with van der Waals surface area (Å²) in [7, 11) is -3.82. The summed E-state index contributed by atoms with van der Waals surface area (Å²) >= 11 is 8.13. The summed E-state index contributed by atoms with van der Waals surface area (Å²) < 4.78 is 29.6. The molecule has 1 aromatic carbocycles. The molecule has 0 fully saturated rings. The molecule has 21 heavy (non-hydrogen) atoms. The average molecular weight is 441 g/mol. The molecule has 0 spiro atoms. The zero-order valence-corrected chi connectivity index (χ0v) is 14.9. The molecule has 2 aromatic rings. The lowest BCUT2D eigenvalue weighted by molar-refractivity contribution is 0.595. The van der Waals surface area contributed by atoms with Gasteiger partial charge in [0.25, 0.3) is 10.0 Å². The van der Waals surface area contributed by atoms with E-state index in [0.717, 1.165) is 9.99 Å². The maximum atomic E-state index is 12.4. The second kappa shape index (κ2) is 6.41. The summed E-state index contributed by atoms with van der Waals surface area (Å²) in [4.78, 5) is -0.0504. The molecule has 1 heterocycles. The normalized spacial score (nSPS) is 11.6. The van der Waals surface area contributed by atoms with E-state index in [1.165, 1.54) is 10.9 Å². The molecule has 0 radical (unpaired) electrons. The van der Waals surface area contributed by atoms with Gasteiger partial charge in [0, 0.05) is 16.3 Å². The number of benzene rings is 1. The standard InChI is InChI=1S/C12H14ClIN4O2S/c1-2-5-18-7-11(12(15)16-18)21(19,20)17-10-4-3-8(14)6-9(10)13/h3-4,6-7,17H,2,5H2,1H3,(H2,15,16). The zero-order valence-electron chi connectivity index (χ0n) is 11.2. The topological polar surface area (TPSA) is 90.0 Å². The van der Waals surface area contributed by atoms with Crippen molar-refractivity contribution in [3.05, 3.63) is 33.0 Å². The van der Waals surface area contributed by atoms with Gasteiger partial charge >= 0.3 is 0 Å². The van der Waals surface area contributed by atoms with Gasteiger partial charge in [0.15, 0.2) is 5.82 Å². The lowest BCUT2D eigenvalue weighted by Crippen LogP contribution is -2.14. The monoisotopic (exact) mass is 440 g/mol. The van der Waals surface area contributed by atoms with Crippen molar-refractivity contribution < 1.29 is 8.42 Å². The number of aromatic nitrogens is 2. The highest BCUT2D eigenvalue weighted by Crippen LogP contribution is 2.27. The van der Waals surface area contributed by atoms with Crippen LogP contribution < -0.4 is 10.5 Å². The van der Waals surface area contributed by atoms with E-state index >= 15 is 0 Å². The van der Waals surface area contributed by atoms with E-state index in [-0.39, 0.29) is 10.7 Å². The Balaban J connectivity index is 2.34. The van der Waals surface area contributed by atoms with Gasteiger partial charge in [-0.2, -0.15) is 5.10 Å². The van der Waals surface area contributed by atoms with Crippen LogP contribution in [0.2, 0.25) is 5.02 Å². The molecule has 6 nitrogen and oxygen atoms in total. The highest BCUT2D eigenvalue weighted by Gasteiger charge is 2.22. The first kappa shape index (κ1) is 16.4. The third kappa shape index (κ3) is 3.80. The largest absolute Gasteiger partial charge is 0.381 e. The molecule has 0 bridgehead atoms. The van der Waals surface area contributed by atoms with Gasteiger partial charge in [0.05, 0.1) is 10.7 Å². The highest BCUT2D eigenvalue weighted by molar-refractivity contribution is 14.1. The molecule has 3 N–H and O–H groups in total. The first-order valence-electron chi connectivity index (χ1n) is 6.14. The van der Waals surface area contributed by atoms with Crippen molar-refractivity contribution in [3.8, 4) is 0 Å². The average Bonchev–Trinajstić information content (AvgIpc) is 2.75. The second-order valence-corrected chi connectivity index (χ2v) is 7.67. The van der Waals surface area contributed by atoms with Gasteiger partial charge in [-0.3, -0.25) is 9.40 Å². The number of hydrogen-bond donors (Lipinski definition) is 2. The van der Waals surface area contributed by atoms with Crippen LogP contribution in [0.3, 0.4) is 0 Å². The van der Waals surface area contributed by atoms with Crippen molar-refractivity contribution in [1.82, 2.24) is 9.78 Å². The van der Waals surface area contributed by atoms with Gasteiger partial charge in [0.1, 0.15) is 4.90 Å². The molecule has 0 saturated heterocycles. The minimum absolute atomic E-state index is 0.0300. The van der Waals surface area contributed by atoms with Crippen LogP contribution in [0.15, 0.2) is 29.3 Å². The van der Waals surface area contributed by atoms with E-state index < -0.39 is 10.0 Å². The summed E-state index contributed by atoms with van der Waals surface area (Å²) in [5.41, 5.74) is 5.99. The van der Waals surface area contributed by atoms with E-state index in [2.05, 4.69) is 32.4 Å². The maximum Gasteiger partial charge on any atom is 0.267 e. The van der Waals surface area contributed by atoms with Gasteiger partial charge in [-0.05, 0) is 47.2 Å². The van der Waals surface area contributed by atoms with Crippen LogP contribution in [0, 0.1) is 3.57 Å². The van der Waals surface area contributed by atoms with Crippen LogP contribution in [-0.4, -0.2) is 18.2 Å². The Bertz CT molecular complexity index is 761. The minimum Gasteiger partial charge on any atom is -0.381 e. The molecule has 0 amide bonds. The first-order valence-corrected chi connectivity index (χ1v) is 9.08. The van der Waals surface area contributed by atoms with Gasteiger partial charge in [-0.1, -0.05) is 18.5 Å². The zero-order chi connectivity index (χ0) is 15.6. The second-order valence-electron chi connectivity index (χ2n) is 4.37. The van der Waals surface area contributed by atoms with E-state index in [1.54, 1.807) is 18.2 Å². The quantitative estimate of drug-likeness (QED) is 0.700. The fraction of sp³-hybridized carbons (Fsp3) is 0.250. The van der Waals surface area contributed by atoms with Crippen molar-refractivity contribution in [2.45, 2.75) is 24.8 Å². The molecule has 2 rings (SSSR count). The molecule has 0 aliphatic heterocycles. The smallest absolute Gasteiger partial charge is 0.267 e. The van der Waals surface area contributed by atoms with Gasteiger partial charge < -0.3 is 5.73 Å². The SMILES string of the molecule is CCCn1cc(S(=O)(=O)Nc2ccc(I)cc2Cl)c(N)n1. The number of nitrogens with zero attached hydrogens (tertiary/aromatic N) is 2. The van der Waals surface area contributed by atoms with Crippen molar-refractivity contribution in [2.75, 3.05) is 10.5 Å². The van der Waals surface area contributed by atoms with Crippen molar-refractivity contribution in [1.29, 1.82) is 0 Å². The van der Waals surface area contributed by atoms with Crippen molar-refractivity contribution >= 4 is 55.7 Å². The number of rotatable bonds is 5. The number of hydrogen-bond acceptors (Lipinski definition) is 4. The van der Waals surface area contributed by atoms with Gasteiger partial charge in [0.2, 0.25) is 0 Å². The van der Waals surface area contributed by atoms with Gasteiger partial charge in [-0.25, -0.2) is 8.42 Å². The molecule has 0 atom stereocenters. The number of halogens is 2. The van der Waals surface area contributed by atoms with E-state index in [9.17, 15) is 8.42 Å². The minimum atomic E-state index is -3.82. The Kier molecular flexibility index (Phi) is 4.99. The Morgan fingerprint density at radius 1 is 1.48 bits per heavy atom. The van der Waals surface area contributed by atoms with E-state index in [0.29, 0.717) is 17.3 Å². The van der Waals surface area contributed by atoms with Crippen LogP contribution in [0.5, 0.6) is 0 Å². The van der Waals surface area contributed by atoms with Crippen LogP contribution in [0.4, 0.5) is 11.5 Å². The highest BCUT2D eigenvalue weighted by atomic mass is 127. The molecule has 0 unspecified atom stereocenters. The third-order valence-corrected chi connectivity index (χ3v) is 5.04. The number of nitrogens with one attached hydrogen (secondary N) is 1. The molecule has 0 aliphatic rings. The fourth-order valence-corrected chi connectivity index (χ4v) is 3.85. The number of aryl methyl sites for hydroxylation is 1. The summed E-state index contributed by atoms with van der Waals surface area (Å²) in [6, 6.07) is 5.03. The van der Waals surface area contributed by atoms with E-state index in [4.69, 9.17) is 17.3 Å². The predicted octanol–water partition coefficient (Wildman–Crippen LogP) is 2.93.